The van der Waals surface area contributed by atoms with Gasteiger partial charge < -0.3 is 14.2 Å². The normalized spacial score (nSPS) is 15.4. The van der Waals surface area contributed by atoms with Crippen LogP contribution in [-0.4, -0.2) is 24.5 Å². The zero-order chi connectivity index (χ0) is 15.4. The van der Waals surface area contributed by atoms with Crippen LogP contribution in [0.15, 0.2) is 24.3 Å². The van der Waals surface area contributed by atoms with Crippen molar-refractivity contribution in [1.29, 1.82) is 0 Å². The lowest BCUT2D eigenvalue weighted by Gasteiger charge is -2.17. The maximum atomic E-state index is 11.7. The first-order valence-electron chi connectivity index (χ1n) is 7.10. The Kier molecular flexibility index (Phi) is 4.83. The van der Waals surface area contributed by atoms with Crippen molar-refractivity contribution >= 4 is 12.1 Å². The van der Waals surface area contributed by atoms with Crippen LogP contribution in [0.1, 0.15) is 31.9 Å². The first kappa shape index (κ1) is 15.4. The third kappa shape index (κ3) is 4.21. The second-order valence-electron chi connectivity index (χ2n) is 5.44. The third-order valence-electron chi connectivity index (χ3n) is 3.29. The SMILES string of the molecule is CC(OC(=O)OC1Cc2ccccc2C1)OC(=O)C(C)C. The Morgan fingerprint density at radius 3 is 2.14 bits per heavy atom. The maximum absolute atomic E-state index is 11.7. The number of benzene rings is 1. The predicted octanol–water partition coefficient (Wildman–Crippen LogP) is 2.85. The molecule has 0 amide bonds. The van der Waals surface area contributed by atoms with Crippen molar-refractivity contribution in [2.24, 2.45) is 5.92 Å². The molecule has 1 aliphatic rings. The van der Waals surface area contributed by atoms with Crippen molar-refractivity contribution < 1.29 is 23.8 Å². The van der Waals surface area contributed by atoms with Crippen molar-refractivity contribution in [3.8, 4) is 0 Å². The van der Waals surface area contributed by atoms with Crippen LogP contribution in [0.25, 0.3) is 0 Å². The topological polar surface area (TPSA) is 61.8 Å². The highest BCUT2D eigenvalue weighted by atomic mass is 16.8. The molecule has 0 aromatic heterocycles. The number of rotatable bonds is 4. The molecule has 0 fully saturated rings. The van der Waals surface area contributed by atoms with E-state index in [0.29, 0.717) is 12.8 Å². The maximum Gasteiger partial charge on any atom is 0.511 e. The van der Waals surface area contributed by atoms with Gasteiger partial charge in [0, 0.05) is 19.8 Å². The van der Waals surface area contributed by atoms with Gasteiger partial charge >= 0.3 is 12.1 Å². The molecule has 1 aromatic rings. The van der Waals surface area contributed by atoms with Gasteiger partial charge in [-0.3, -0.25) is 4.79 Å². The Hall–Kier alpha value is -2.04. The summed E-state index contributed by atoms with van der Waals surface area (Å²) in [5, 5.41) is 0. The molecule has 0 saturated heterocycles. The average Bonchev–Trinajstić information content (AvgIpc) is 2.79. The van der Waals surface area contributed by atoms with E-state index in [1.807, 2.05) is 24.3 Å². The van der Waals surface area contributed by atoms with E-state index < -0.39 is 18.4 Å². The van der Waals surface area contributed by atoms with E-state index in [1.165, 1.54) is 18.1 Å². The molecule has 0 saturated carbocycles. The molecule has 0 radical (unpaired) electrons. The molecule has 0 aliphatic heterocycles. The molecule has 21 heavy (non-hydrogen) atoms. The number of fused-ring (bicyclic) bond motifs is 1. The van der Waals surface area contributed by atoms with E-state index >= 15 is 0 Å². The average molecular weight is 292 g/mol. The molecule has 5 heteroatoms. The van der Waals surface area contributed by atoms with Crippen LogP contribution in [0.4, 0.5) is 4.79 Å². The van der Waals surface area contributed by atoms with Crippen LogP contribution in [0, 0.1) is 5.92 Å². The molecule has 114 valence electrons. The van der Waals surface area contributed by atoms with Gasteiger partial charge in [0.2, 0.25) is 6.29 Å². The summed E-state index contributed by atoms with van der Waals surface area (Å²) in [6.45, 7) is 4.91. The number of carbonyl (C=O) groups excluding carboxylic acids is 2. The Bertz CT molecular complexity index is 498. The molecule has 1 unspecified atom stereocenters. The van der Waals surface area contributed by atoms with E-state index in [9.17, 15) is 9.59 Å². The molecule has 0 bridgehead atoms. The summed E-state index contributed by atoms with van der Waals surface area (Å²) in [4.78, 5) is 23.0. The van der Waals surface area contributed by atoms with Gasteiger partial charge in [-0.2, -0.15) is 0 Å². The van der Waals surface area contributed by atoms with Gasteiger partial charge in [-0.15, -0.1) is 0 Å². The number of hydrogen-bond donors (Lipinski definition) is 0. The van der Waals surface area contributed by atoms with Crippen molar-refractivity contribution in [2.75, 3.05) is 0 Å². The number of ether oxygens (including phenoxy) is 3. The highest BCUT2D eigenvalue weighted by Crippen LogP contribution is 2.24. The third-order valence-corrected chi connectivity index (χ3v) is 3.29. The van der Waals surface area contributed by atoms with Crippen molar-refractivity contribution in [1.82, 2.24) is 0 Å². The Labute approximate surface area is 124 Å². The van der Waals surface area contributed by atoms with Crippen LogP contribution in [0.2, 0.25) is 0 Å². The summed E-state index contributed by atoms with van der Waals surface area (Å²) in [6.07, 6.45) is -0.604. The van der Waals surface area contributed by atoms with E-state index in [1.54, 1.807) is 13.8 Å². The summed E-state index contributed by atoms with van der Waals surface area (Å²) >= 11 is 0. The molecule has 0 N–H and O–H groups in total. The Morgan fingerprint density at radius 2 is 1.62 bits per heavy atom. The molecule has 0 spiro atoms. The zero-order valence-corrected chi connectivity index (χ0v) is 12.5. The Morgan fingerprint density at radius 1 is 1.05 bits per heavy atom. The first-order valence-corrected chi connectivity index (χ1v) is 7.10. The molecule has 1 atom stereocenters. The fourth-order valence-electron chi connectivity index (χ4n) is 2.22. The predicted molar refractivity (Wildman–Crippen MR) is 75.6 cm³/mol. The molecular weight excluding hydrogens is 272 g/mol. The van der Waals surface area contributed by atoms with Gasteiger partial charge in [-0.25, -0.2) is 4.79 Å². The van der Waals surface area contributed by atoms with Crippen LogP contribution in [-0.2, 0) is 31.8 Å². The summed E-state index contributed by atoms with van der Waals surface area (Å²) in [5.41, 5.74) is 2.38. The van der Waals surface area contributed by atoms with Gasteiger partial charge in [0.15, 0.2) is 0 Å². The van der Waals surface area contributed by atoms with E-state index in [2.05, 4.69) is 0 Å². The second-order valence-corrected chi connectivity index (χ2v) is 5.44. The van der Waals surface area contributed by atoms with Gasteiger partial charge in [0.05, 0.1) is 5.92 Å². The second kappa shape index (κ2) is 6.61. The van der Waals surface area contributed by atoms with E-state index in [0.717, 1.165) is 0 Å². The summed E-state index contributed by atoms with van der Waals surface area (Å²) in [7, 11) is 0. The Balaban J connectivity index is 1.77. The van der Waals surface area contributed by atoms with Gasteiger partial charge in [-0.05, 0) is 11.1 Å². The number of carbonyl (C=O) groups is 2. The summed E-state index contributed by atoms with van der Waals surface area (Å²) < 4.78 is 15.1. The van der Waals surface area contributed by atoms with Crippen LogP contribution in [0.5, 0.6) is 0 Å². The smallest absolute Gasteiger partial charge is 0.430 e. The molecule has 1 aliphatic carbocycles. The quantitative estimate of drug-likeness (QED) is 0.631. The summed E-state index contributed by atoms with van der Waals surface area (Å²) in [5.74, 6) is -0.681. The lowest BCUT2D eigenvalue weighted by molar-refractivity contribution is -0.172. The van der Waals surface area contributed by atoms with Gasteiger partial charge in [0.25, 0.3) is 0 Å². The first-order chi connectivity index (χ1) is 9.95. The molecular formula is C16H20O5. The van der Waals surface area contributed by atoms with Gasteiger partial charge in [0.1, 0.15) is 6.10 Å². The van der Waals surface area contributed by atoms with Crippen molar-refractivity contribution in [3.63, 3.8) is 0 Å². The molecule has 2 rings (SSSR count). The van der Waals surface area contributed by atoms with Crippen molar-refractivity contribution in [3.05, 3.63) is 35.4 Å². The fraction of sp³-hybridized carbons (Fsp3) is 0.500. The number of hydrogen-bond acceptors (Lipinski definition) is 5. The molecule has 0 heterocycles. The lowest BCUT2D eigenvalue weighted by Crippen LogP contribution is -2.27. The largest absolute Gasteiger partial charge is 0.511 e. The zero-order valence-electron chi connectivity index (χ0n) is 12.5. The van der Waals surface area contributed by atoms with E-state index in [-0.39, 0.29) is 12.0 Å². The summed E-state index contributed by atoms with van der Waals surface area (Å²) in [6, 6.07) is 7.98. The molecule has 5 nitrogen and oxygen atoms in total. The van der Waals surface area contributed by atoms with Crippen LogP contribution in [0.3, 0.4) is 0 Å². The monoisotopic (exact) mass is 292 g/mol. The van der Waals surface area contributed by atoms with Gasteiger partial charge in [-0.1, -0.05) is 38.1 Å². The lowest BCUT2D eigenvalue weighted by atomic mass is 10.1. The highest BCUT2D eigenvalue weighted by molar-refractivity contribution is 5.71. The highest BCUT2D eigenvalue weighted by Gasteiger charge is 2.26. The van der Waals surface area contributed by atoms with Crippen molar-refractivity contribution in [2.45, 2.75) is 46.0 Å². The molecule has 1 aromatic carbocycles. The minimum absolute atomic E-state index is 0.220. The minimum Gasteiger partial charge on any atom is -0.430 e. The number of esters is 1. The standard InChI is InChI=1S/C16H20O5/c1-10(2)15(17)19-11(3)20-16(18)21-14-8-12-6-4-5-7-13(12)9-14/h4-7,10-11,14H,8-9H2,1-3H3. The minimum atomic E-state index is -0.948. The van der Waals surface area contributed by atoms with Crippen LogP contribution >= 0.6 is 0 Å². The van der Waals surface area contributed by atoms with Crippen LogP contribution < -0.4 is 0 Å². The van der Waals surface area contributed by atoms with E-state index in [4.69, 9.17) is 14.2 Å². The fourth-order valence-corrected chi connectivity index (χ4v) is 2.22.